The summed E-state index contributed by atoms with van der Waals surface area (Å²) in [7, 11) is 0. The smallest absolute Gasteiger partial charge is 0.237 e. The van der Waals surface area contributed by atoms with Crippen LogP contribution in [0, 0.1) is 5.92 Å². The number of hydrogen-bond acceptors (Lipinski definition) is 3. The molecule has 3 unspecified atom stereocenters. The fourth-order valence-electron chi connectivity index (χ4n) is 3.29. The van der Waals surface area contributed by atoms with Crippen LogP contribution in [0.3, 0.4) is 0 Å². The van der Waals surface area contributed by atoms with Gasteiger partial charge in [-0.15, -0.1) is 0 Å². The average Bonchev–Trinajstić information content (AvgIpc) is 2.42. The van der Waals surface area contributed by atoms with Crippen LogP contribution in [-0.2, 0) is 9.53 Å². The van der Waals surface area contributed by atoms with E-state index < -0.39 is 0 Å². The first-order chi connectivity index (χ1) is 9.16. The molecule has 19 heavy (non-hydrogen) atoms. The van der Waals surface area contributed by atoms with Crippen molar-refractivity contribution in [3.63, 3.8) is 0 Å². The van der Waals surface area contributed by atoms with Gasteiger partial charge in [-0.1, -0.05) is 12.8 Å². The minimum Gasteiger partial charge on any atom is -0.377 e. The molecule has 0 aromatic rings. The Morgan fingerprint density at radius 3 is 2.84 bits per heavy atom. The molecule has 1 saturated carbocycles. The average molecular weight is 268 g/mol. The summed E-state index contributed by atoms with van der Waals surface area (Å²) in [5.74, 6) is 0.957. The second-order valence-corrected chi connectivity index (χ2v) is 6.16. The van der Waals surface area contributed by atoms with E-state index >= 15 is 0 Å². The van der Waals surface area contributed by atoms with E-state index in [9.17, 15) is 4.79 Å². The highest BCUT2D eigenvalue weighted by atomic mass is 16.5. The fraction of sp³-hybridized carbons (Fsp3) is 0.933. The zero-order chi connectivity index (χ0) is 13.7. The normalized spacial score (nSPS) is 31.0. The summed E-state index contributed by atoms with van der Waals surface area (Å²) in [5, 5.41) is 6.53. The van der Waals surface area contributed by atoms with Gasteiger partial charge in [0, 0.05) is 12.6 Å². The molecule has 1 aliphatic heterocycles. The van der Waals surface area contributed by atoms with Gasteiger partial charge in [0.25, 0.3) is 0 Å². The highest BCUT2D eigenvalue weighted by Crippen LogP contribution is 2.32. The lowest BCUT2D eigenvalue weighted by Crippen LogP contribution is -2.55. The van der Waals surface area contributed by atoms with E-state index in [4.69, 9.17) is 4.74 Å². The third-order valence-electron chi connectivity index (χ3n) is 4.32. The molecule has 4 heteroatoms. The molecule has 1 aliphatic carbocycles. The van der Waals surface area contributed by atoms with Crippen molar-refractivity contribution in [2.24, 2.45) is 5.92 Å². The van der Waals surface area contributed by atoms with Gasteiger partial charge in [0.15, 0.2) is 0 Å². The quantitative estimate of drug-likeness (QED) is 0.748. The van der Waals surface area contributed by atoms with Crippen molar-refractivity contribution in [2.75, 3.05) is 13.2 Å². The first kappa shape index (κ1) is 14.8. The summed E-state index contributed by atoms with van der Waals surface area (Å²) >= 11 is 0. The van der Waals surface area contributed by atoms with Gasteiger partial charge in [-0.3, -0.25) is 4.79 Å². The summed E-state index contributed by atoms with van der Waals surface area (Å²) in [6, 6.07) is 0.587. The van der Waals surface area contributed by atoms with Crippen LogP contribution in [0.1, 0.15) is 52.4 Å². The lowest BCUT2D eigenvalue weighted by atomic mass is 9.77. The number of rotatable bonds is 5. The molecule has 0 radical (unpaired) electrons. The maximum atomic E-state index is 12.1. The Kier molecular flexibility index (Phi) is 5.64. The predicted molar refractivity (Wildman–Crippen MR) is 76.0 cm³/mol. The van der Waals surface area contributed by atoms with E-state index in [0.29, 0.717) is 19.2 Å². The lowest BCUT2D eigenvalue weighted by molar-refractivity contribution is -0.124. The molecule has 0 aromatic carbocycles. The molecule has 0 spiro atoms. The summed E-state index contributed by atoms with van der Waals surface area (Å²) in [6.45, 7) is 5.23. The Morgan fingerprint density at radius 1 is 1.26 bits per heavy atom. The number of piperidine rings is 1. The Labute approximate surface area is 116 Å². The van der Waals surface area contributed by atoms with Crippen LogP contribution in [0.2, 0.25) is 0 Å². The number of fused-ring (bicyclic) bond motifs is 1. The van der Waals surface area contributed by atoms with Crippen LogP contribution in [-0.4, -0.2) is 37.2 Å². The SMILES string of the molecule is CC(C)OCCNC(=O)C1CCC2CCCCC2N1. The van der Waals surface area contributed by atoms with Crippen molar-refractivity contribution in [2.45, 2.75) is 70.6 Å². The van der Waals surface area contributed by atoms with Crippen LogP contribution < -0.4 is 10.6 Å². The minimum absolute atomic E-state index is 0.0124. The van der Waals surface area contributed by atoms with Gasteiger partial charge in [0.2, 0.25) is 5.91 Å². The number of amides is 1. The molecular weight excluding hydrogens is 240 g/mol. The topological polar surface area (TPSA) is 50.4 Å². The number of carbonyl (C=O) groups is 1. The maximum Gasteiger partial charge on any atom is 0.237 e. The Bertz CT molecular complexity index is 294. The largest absolute Gasteiger partial charge is 0.377 e. The van der Waals surface area contributed by atoms with Gasteiger partial charge in [-0.25, -0.2) is 0 Å². The van der Waals surface area contributed by atoms with Gasteiger partial charge < -0.3 is 15.4 Å². The van der Waals surface area contributed by atoms with Crippen molar-refractivity contribution < 1.29 is 9.53 Å². The van der Waals surface area contributed by atoms with E-state index in [1.807, 2.05) is 13.8 Å². The maximum absolute atomic E-state index is 12.1. The summed E-state index contributed by atoms with van der Waals surface area (Å²) < 4.78 is 5.43. The van der Waals surface area contributed by atoms with Crippen molar-refractivity contribution in [3.05, 3.63) is 0 Å². The monoisotopic (exact) mass is 268 g/mol. The Morgan fingerprint density at radius 2 is 2.05 bits per heavy atom. The predicted octanol–water partition coefficient (Wildman–Crippen LogP) is 1.84. The van der Waals surface area contributed by atoms with Crippen molar-refractivity contribution in [3.8, 4) is 0 Å². The third kappa shape index (κ3) is 4.46. The molecule has 0 aromatic heterocycles. The lowest BCUT2D eigenvalue weighted by Gasteiger charge is -2.39. The zero-order valence-corrected chi connectivity index (χ0v) is 12.3. The van der Waals surface area contributed by atoms with Crippen LogP contribution in [0.5, 0.6) is 0 Å². The molecule has 1 amide bonds. The summed E-state index contributed by atoms with van der Waals surface area (Å²) in [5.41, 5.74) is 0. The van der Waals surface area contributed by atoms with Crippen molar-refractivity contribution in [1.29, 1.82) is 0 Å². The highest BCUT2D eigenvalue weighted by Gasteiger charge is 2.34. The molecule has 1 heterocycles. The second kappa shape index (κ2) is 7.25. The van der Waals surface area contributed by atoms with Crippen LogP contribution >= 0.6 is 0 Å². The molecule has 4 nitrogen and oxygen atoms in total. The first-order valence-electron chi connectivity index (χ1n) is 7.82. The number of nitrogens with one attached hydrogen (secondary N) is 2. The van der Waals surface area contributed by atoms with E-state index in [-0.39, 0.29) is 18.1 Å². The van der Waals surface area contributed by atoms with E-state index in [2.05, 4.69) is 10.6 Å². The van der Waals surface area contributed by atoms with Crippen molar-refractivity contribution in [1.82, 2.24) is 10.6 Å². The van der Waals surface area contributed by atoms with Crippen LogP contribution in [0.4, 0.5) is 0 Å². The molecule has 0 bridgehead atoms. The summed E-state index contributed by atoms with van der Waals surface area (Å²) in [6.07, 6.45) is 7.68. The van der Waals surface area contributed by atoms with E-state index in [1.165, 1.54) is 32.1 Å². The molecule has 1 saturated heterocycles. The van der Waals surface area contributed by atoms with Crippen LogP contribution in [0.15, 0.2) is 0 Å². The Balaban J connectivity index is 1.68. The van der Waals surface area contributed by atoms with Crippen LogP contribution in [0.25, 0.3) is 0 Å². The van der Waals surface area contributed by atoms with Crippen molar-refractivity contribution >= 4 is 5.91 Å². The molecule has 110 valence electrons. The molecular formula is C15H28N2O2. The number of hydrogen-bond donors (Lipinski definition) is 2. The molecule has 2 rings (SSSR count). The van der Waals surface area contributed by atoms with Gasteiger partial charge in [0.05, 0.1) is 18.8 Å². The Hall–Kier alpha value is -0.610. The number of ether oxygens (including phenoxy) is 1. The van der Waals surface area contributed by atoms with Gasteiger partial charge in [0.1, 0.15) is 0 Å². The van der Waals surface area contributed by atoms with Gasteiger partial charge in [-0.05, 0) is 45.4 Å². The number of carbonyl (C=O) groups excluding carboxylic acids is 1. The molecule has 2 N–H and O–H groups in total. The highest BCUT2D eigenvalue weighted by molar-refractivity contribution is 5.81. The minimum atomic E-state index is 0.0124. The molecule has 2 aliphatic rings. The molecule has 3 atom stereocenters. The standard InChI is InChI=1S/C15H28N2O2/c1-11(2)19-10-9-16-15(18)14-8-7-12-5-3-4-6-13(12)17-14/h11-14,17H,3-10H2,1-2H3,(H,16,18). The second-order valence-electron chi connectivity index (χ2n) is 6.16. The summed E-state index contributed by atoms with van der Waals surface area (Å²) in [4.78, 5) is 12.1. The third-order valence-corrected chi connectivity index (χ3v) is 4.32. The van der Waals surface area contributed by atoms with Gasteiger partial charge in [-0.2, -0.15) is 0 Å². The first-order valence-corrected chi connectivity index (χ1v) is 7.82. The van der Waals surface area contributed by atoms with E-state index in [1.54, 1.807) is 0 Å². The fourth-order valence-corrected chi connectivity index (χ4v) is 3.29. The van der Waals surface area contributed by atoms with Gasteiger partial charge >= 0.3 is 0 Å². The molecule has 2 fully saturated rings. The zero-order valence-electron chi connectivity index (χ0n) is 12.3. The van der Waals surface area contributed by atoms with E-state index in [0.717, 1.165) is 12.3 Å².